The van der Waals surface area contributed by atoms with Crippen molar-refractivity contribution in [3.05, 3.63) is 35.9 Å². The first-order valence-electron chi connectivity index (χ1n) is 9.82. The van der Waals surface area contributed by atoms with Gasteiger partial charge in [0.1, 0.15) is 0 Å². The van der Waals surface area contributed by atoms with Crippen LogP contribution in [0.4, 0.5) is 0 Å². The molecule has 26 heavy (non-hydrogen) atoms. The van der Waals surface area contributed by atoms with Crippen LogP contribution in [0, 0.1) is 0 Å². The highest BCUT2D eigenvalue weighted by Crippen LogP contribution is 2.24. The second kappa shape index (κ2) is 9.17. The third kappa shape index (κ3) is 5.07. The molecule has 5 nitrogen and oxygen atoms in total. The van der Waals surface area contributed by atoms with E-state index in [1.807, 2.05) is 42.2 Å². The number of hydrogen-bond acceptors (Lipinski definition) is 3. The summed E-state index contributed by atoms with van der Waals surface area (Å²) < 4.78 is 0. The van der Waals surface area contributed by atoms with Crippen LogP contribution in [0.3, 0.4) is 0 Å². The number of carbonyl (C=O) groups excluding carboxylic acids is 2. The fourth-order valence-corrected chi connectivity index (χ4v) is 3.69. The van der Waals surface area contributed by atoms with Crippen molar-refractivity contribution >= 4 is 11.8 Å². The van der Waals surface area contributed by atoms with Crippen LogP contribution in [-0.4, -0.2) is 41.4 Å². The van der Waals surface area contributed by atoms with Gasteiger partial charge in [-0.1, -0.05) is 50.6 Å². The Kier molecular flexibility index (Phi) is 7.21. The minimum atomic E-state index is -0.817. The maximum Gasteiger partial charge on any atom is 0.240 e. The van der Waals surface area contributed by atoms with Gasteiger partial charge in [0.05, 0.1) is 11.5 Å². The molecule has 1 fully saturated rings. The number of hydrogen-bond donors (Lipinski definition) is 2. The Hall–Kier alpha value is -1.88. The fraction of sp³-hybridized carbons (Fsp3) is 0.619. The van der Waals surface area contributed by atoms with E-state index in [2.05, 4.69) is 12.2 Å². The molecule has 2 atom stereocenters. The van der Waals surface area contributed by atoms with Crippen LogP contribution in [0.15, 0.2) is 30.3 Å². The molecule has 0 radical (unpaired) electrons. The molecule has 144 valence electrons. The number of nitrogens with one attached hydrogen (secondary N) is 1. The molecule has 0 saturated carbocycles. The van der Waals surface area contributed by atoms with E-state index in [1.54, 1.807) is 6.92 Å². The van der Waals surface area contributed by atoms with Gasteiger partial charge in [0.15, 0.2) is 0 Å². The predicted molar refractivity (Wildman–Crippen MR) is 105 cm³/mol. The van der Waals surface area contributed by atoms with Crippen molar-refractivity contribution in [3.63, 3.8) is 0 Å². The molecule has 1 aliphatic heterocycles. The topological polar surface area (TPSA) is 75.4 Å². The molecule has 5 heteroatoms. The van der Waals surface area contributed by atoms with E-state index >= 15 is 0 Å². The molecular formula is C21H33N3O2. The molecule has 0 aromatic heterocycles. The highest BCUT2D eigenvalue weighted by atomic mass is 16.2. The van der Waals surface area contributed by atoms with Gasteiger partial charge in [-0.05, 0) is 38.2 Å². The van der Waals surface area contributed by atoms with Crippen molar-refractivity contribution in [1.29, 1.82) is 0 Å². The zero-order valence-electron chi connectivity index (χ0n) is 16.3. The van der Waals surface area contributed by atoms with E-state index in [1.165, 1.54) is 0 Å². The minimum absolute atomic E-state index is 0.0835. The van der Waals surface area contributed by atoms with E-state index in [4.69, 9.17) is 5.73 Å². The number of benzene rings is 1. The Bertz CT molecular complexity index is 593. The number of carbonyl (C=O) groups is 2. The normalized spacial score (nSPS) is 18.8. The van der Waals surface area contributed by atoms with Crippen molar-refractivity contribution < 1.29 is 9.59 Å². The lowest BCUT2D eigenvalue weighted by Gasteiger charge is -2.36. The lowest BCUT2D eigenvalue weighted by molar-refractivity contribution is -0.134. The summed E-state index contributed by atoms with van der Waals surface area (Å²) in [5.74, 6) is 0.0252. The first-order chi connectivity index (χ1) is 12.4. The second-order valence-corrected chi connectivity index (χ2v) is 7.61. The Morgan fingerprint density at radius 3 is 2.38 bits per heavy atom. The molecule has 1 aromatic carbocycles. The number of rotatable bonds is 7. The predicted octanol–water partition coefficient (Wildman–Crippen LogP) is 2.80. The minimum Gasteiger partial charge on any atom is -0.352 e. The van der Waals surface area contributed by atoms with Gasteiger partial charge < -0.3 is 16.0 Å². The lowest BCUT2D eigenvalue weighted by atomic mass is 9.93. The largest absolute Gasteiger partial charge is 0.352 e. The van der Waals surface area contributed by atoms with Gasteiger partial charge in [0.25, 0.3) is 0 Å². The van der Waals surface area contributed by atoms with Gasteiger partial charge >= 0.3 is 0 Å². The van der Waals surface area contributed by atoms with E-state index in [-0.39, 0.29) is 23.8 Å². The molecule has 0 aliphatic carbocycles. The monoisotopic (exact) mass is 359 g/mol. The second-order valence-electron chi connectivity index (χ2n) is 7.61. The van der Waals surface area contributed by atoms with E-state index in [9.17, 15) is 9.59 Å². The van der Waals surface area contributed by atoms with E-state index in [0.29, 0.717) is 19.5 Å². The SMILES string of the molecule is CCCC(C)(N)C(=O)NC1CCN(C(=O)C(CC)c2ccccc2)CC1. The molecule has 1 heterocycles. The number of amides is 2. The third-order valence-corrected chi connectivity index (χ3v) is 5.34. The molecule has 3 N–H and O–H groups in total. The summed E-state index contributed by atoms with van der Waals surface area (Å²) in [6.07, 6.45) is 3.91. The molecule has 0 bridgehead atoms. The molecule has 1 aromatic rings. The van der Waals surface area contributed by atoms with Crippen molar-refractivity contribution in [3.8, 4) is 0 Å². The Morgan fingerprint density at radius 1 is 1.23 bits per heavy atom. The maximum absolute atomic E-state index is 12.9. The van der Waals surface area contributed by atoms with E-state index in [0.717, 1.165) is 31.2 Å². The molecule has 1 saturated heterocycles. The van der Waals surface area contributed by atoms with Crippen LogP contribution in [0.2, 0.25) is 0 Å². The fourth-order valence-electron chi connectivity index (χ4n) is 3.69. The highest BCUT2D eigenvalue weighted by molar-refractivity contribution is 5.86. The number of nitrogens with zero attached hydrogens (tertiary/aromatic N) is 1. The first-order valence-corrected chi connectivity index (χ1v) is 9.82. The van der Waals surface area contributed by atoms with E-state index < -0.39 is 5.54 Å². The molecule has 1 aliphatic rings. The Balaban J connectivity index is 1.89. The van der Waals surface area contributed by atoms with Crippen LogP contribution < -0.4 is 11.1 Å². The van der Waals surface area contributed by atoms with Crippen LogP contribution in [0.1, 0.15) is 64.4 Å². The molecule has 2 unspecified atom stereocenters. The highest BCUT2D eigenvalue weighted by Gasteiger charge is 2.32. The molecule has 2 amide bonds. The maximum atomic E-state index is 12.9. The average Bonchev–Trinajstić information content (AvgIpc) is 2.63. The molecule has 0 spiro atoms. The summed E-state index contributed by atoms with van der Waals surface area (Å²) in [4.78, 5) is 27.2. The van der Waals surface area contributed by atoms with Crippen LogP contribution >= 0.6 is 0 Å². The van der Waals surface area contributed by atoms with Gasteiger partial charge in [0.2, 0.25) is 11.8 Å². The standard InChI is InChI=1S/C21H33N3O2/c1-4-13-21(3,22)20(26)23-17-11-14-24(15-12-17)19(25)18(5-2)16-9-7-6-8-10-16/h6-10,17-18H,4-5,11-15,22H2,1-3H3,(H,23,26). The van der Waals surface area contributed by atoms with Crippen molar-refractivity contribution in [2.45, 2.75) is 70.4 Å². The quantitative estimate of drug-likeness (QED) is 0.786. The summed E-state index contributed by atoms with van der Waals surface area (Å²) >= 11 is 0. The summed E-state index contributed by atoms with van der Waals surface area (Å²) in [5, 5.41) is 3.08. The smallest absolute Gasteiger partial charge is 0.240 e. The zero-order valence-corrected chi connectivity index (χ0v) is 16.3. The van der Waals surface area contributed by atoms with Gasteiger partial charge in [0, 0.05) is 19.1 Å². The lowest BCUT2D eigenvalue weighted by Crippen LogP contribution is -2.56. The number of likely N-dealkylation sites (tertiary alicyclic amines) is 1. The van der Waals surface area contributed by atoms with Crippen LogP contribution in [0.5, 0.6) is 0 Å². The number of piperidine rings is 1. The molecular weight excluding hydrogens is 326 g/mol. The zero-order chi connectivity index (χ0) is 19.2. The third-order valence-electron chi connectivity index (χ3n) is 5.34. The van der Waals surface area contributed by atoms with Crippen LogP contribution in [-0.2, 0) is 9.59 Å². The Labute approximate surface area is 157 Å². The van der Waals surface area contributed by atoms with Gasteiger partial charge in [-0.25, -0.2) is 0 Å². The summed E-state index contributed by atoms with van der Waals surface area (Å²) in [5.41, 5.74) is 6.37. The Morgan fingerprint density at radius 2 is 1.85 bits per heavy atom. The summed E-state index contributed by atoms with van der Waals surface area (Å²) in [7, 11) is 0. The van der Waals surface area contributed by atoms with Crippen molar-refractivity contribution in [2.24, 2.45) is 5.73 Å². The molecule has 2 rings (SSSR count). The number of nitrogens with two attached hydrogens (primary N) is 1. The first kappa shape index (κ1) is 20.4. The van der Waals surface area contributed by atoms with Gasteiger partial charge in [-0.3, -0.25) is 9.59 Å². The van der Waals surface area contributed by atoms with Gasteiger partial charge in [-0.15, -0.1) is 0 Å². The summed E-state index contributed by atoms with van der Waals surface area (Å²) in [6, 6.07) is 10.1. The summed E-state index contributed by atoms with van der Waals surface area (Å²) in [6.45, 7) is 7.23. The average molecular weight is 360 g/mol. The van der Waals surface area contributed by atoms with Gasteiger partial charge in [-0.2, -0.15) is 0 Å². The van der Waals surface area contributed by atoms with Crippen LogP contribution in [0.25, 0.3) is 0 Å². The van der Waals surface area contributed by atoms with Crippen molar-refractivity contribution in [1.82, 2.24) is 10.2 Å². The van der Waals surface area contributed by atoms with Crippen molar-refractivity contribution in [2.75, 3.05) is 13.1 Å².